The van der Waals surface area contributed by atoms with Crippen molar-refractivity contribution in [3.63, 3.8) is 0 Å². The number of amides is 4. The van der Waals surface area contributed by atoms with Gasteiger partial charge in [0.1, 0.15) is 18.4 Å². The van der Waals surface area contributed by atoms with Crippen molar-refractivity contribution in [3.05, 3.63) is 52.9 Å². The van der Waals surface area contributed by atoms with E-state index >= 15 is 0 Å². The molecule has 3 rings (SSSR count). The number of nitrogens with zero attached hydrogens (tertiary/aromatic N) is 2. The Balaban J connectivity index is 1.72. The quantitative estimate of drug-likeness (QED) is 0.798. The topological polar surface area (TPSA) is 115 Å². The standard InChI is InChI=1S/C17H13ClN4O4/c1-17(13-3-2-6-26-13)15(24)22(16(25)21-17)9-14(23)20-11-5-4-10(8-19)12(18)7-11/h2-7H,9H2,1H3,(H,20,23)(H,21,25). The van der Waals surface area contributed by atoms with Crippen molar-refractivity contribution in [2.75, 3.05) is 11.9 Å². The molecule has 0 spiro atoms. The number of benzene rings is 1. The maximum atomic E-state index is 12.6. The molecule has 2 N–H and O–H groups in total. The third-order valence-electron chi connectivity index (χ3n) is 3.96. The van der Waals surface area contributed by atoms with Crippen LogP contribution < -0.4 is 10.6 Å². The van der Waals surface area contributed by atoms with Crippen LogP contribution in [0.3, 0.4) is 0 Å². The van der Waals surface area contributed by atoms with Gasteiger partial charge in [-0.25, -0.2) is 4.79 Å². The Morgan fingerprint density at radius 3 is 2.81 bits per heavy atom. The fourth-order valence-corrected chi connectivity index (χ4v) is 2.82. The summed E-state index contributed by atoms with van der Waals surface area (Å²) in [5, 5.41) is 14.1. The molecule has 1 fully saturated rings. The number of carbonyl (C=O) groups is 3. The summed E-state index contributed by atoms with van der Waals surface area (Å²) in [6.07, 6.45) is 1.39. The lowest BCUT2D eigenvalue weighted by atomic mass is 9.99. The van der Waals surface area contributed by atoms with Crippen LogP contribution in [0.15, 0.2) is 41.0 Å². The van der Waals surface area contributed by atoms with Gasteiger partial charge in [-0.3, -0.25) is 14.5 Å². The molecule has 1 aromatic carbocycles. The van der Waals surface area contributed by atoms with E-state index < -0.39 is 29.9 Å². The highest BCUT2D eigenvalue weighted by molar-refractivity contribution is 6.32. The molecule has 1 atom stereocenters. The van der Waals surface area contributed by atoms with Gasteiger partial charge >= 0.3 is 6.03 Å². The van der Waals surface area contributed by atoms with Crippen LogP contribution in [0.4, 0.5) is 10.5 Å². The summed E-state index contributed by atoms with van der Waals surface area (Å²) in [6.45, 7) is 1.03. The van der Waals surface area contributed by atoms with Gasteiger partial charge in [-0.15, -0.1) is 0 Å². The molecule has 1 aliphatic heterocycles. The second-order valence-corrected chi connectivity index (χ2v) is 6.19. The smallest absolute Gasteiger partial charge is 0.325 e. The predicted molar refractivity (Wildman–Crippen MR) is 91.1 cm³/mol. The van der Waals surface area contributed by atoms with E-state index in [0.29, 0.717) is 5.69 Å². The summed E-state index contributed by atoms with van der Waals surface area (Å²) in [4.78, 5) is 37.8. The maximum absolute atomic E-state index is 12.6. The van der Waals surface area contributed by atoms with Crippen molar-refractivity contribution in [1.82, 2.24) is 10.2 Å². The van der Waals surface area contributed by atoms with Crippen LogP contribution in [-0.2, 0) is 15.1 Å². The molecule has 0 radical (unpaired) electrons. The van der Waals surface area contributed by atoms with Crippen LogP contribution in [0.25, 0.3) is 0 Å². The molecule has 9 heteroatoms. The van der Waals surface area contributed by atoms with E-state index in [4.69, 9.17) is 21.3 Å². The zero-order valence-corrected chi connectivity index (χ0v) is 14.3. The van der Waals surface area contributed by atoms with Crippen molar-refractivity contribution < 1.29 is 18.8 Å². The zero-order valence-electron chi connectivity index (χ0n) is 13.6. The Morgan fingerprint density at radius 1 is 1.42 bits per heavy atom. The fraction of sp³-hybridized carbons (Fsp3) is 0.176. The summed E-state index contributed by atoms with van der Waals surface area (Å²) in [5.74, 6) is -0.902. The number of hydrogen-bond donors (Lipinski definition) is 2. The van der Waals surface area contributed by atoms with Crippen LogP contribution in [0.1, 0.15) is 18.2 Å². The first-order chi connectivity index (χ1) is 12.3. The van der Waals surface area contributed by atoms with Gasteiger partial charge in [0, 0.05) is 5.69 Å². The van der Waals surface area contributed by atoms with Gasteiger partial charge in [-0.1, -0.05) is 11.6 Å². The molecule has 4 amide bonds. The van der Waals surface area contributed by atoms with Gasteiger partial charge in [-0.05, 0) is 37.3 Å². The van der Waals surface area contributed by atoms with Crippen molar-refractivity contribution >= 4 is 35.1 Å². The third-order valence-corrected chi connectivity index (χ3v) is 4.28. The molecular formula is C17H13ClN4O4. The number of imide groups is 1. The van der Waals surface area contributed by atoms with Gasteiger partial charge in [-0.2, -0.15) is 5.26 Å². The first-order valence-electron chi connectivity index (χ1n) is 7.53. The van der Waals surface area contributed by atoms with Crippen molar-refractivity contribution in [2.24, 2.45) is 0 Å². The normalized spacial score (nSPS) is 19.2. The Labute approximate surface area is 153 Å². The lowest BCUT2D eigenvalue weighted by molar-refractivity contribution is -0.134. The molecule has 132 valence electrons. The number of halogens is 1. The third kappa shape index (κ3) is 3.00. The molecule has 0 saturated carbocycles. The summed E-state index contributed by atoms with van der Waals surface area (Å²) in [5.41, 5.74) is -0.744. The second-order valence-electron chi connectivity index (χ2n) is 5.78. The van der Waals surface area contributed by atoms with Gasteiger partial charge in [0.2, 0.25) is 5.91 Å². The minimum Gasteiger partial charge on any atom is -0.466 e. The Hall–Kier alpha value is -3.31. The van der Waals surface area contributed by atoms with Crippen molar-refractivity contribution in [2.45, 2.75) is 12.5 Å². The van der Waals surface area contributed by atoms with Crippen molar-refractivity contribution in [1.29, 1.82) is 5.26 Å². The largest absolute Gasteiger partial charge is 0.466 e. The number of nitriles is 1. The fourth-order valence-electron chi connectivity index (χ4n) is 2.60. The number of hydrogen-bond acceptors (Lipinski definition) is 5. The lowest BCUT2D eigenvalue weighted by Gasteiger charge is -2.18. The average molecular weight is 373 g/mol. The Morgan fingerprint density at radius 2 is 2.19 bits per heavy atom. The molecule has 2 heterocycles. The number of rotatable bonds is 4. The van der Waals surface area contributed by atoms with Crippen LogP contribution in [0, 0.1) is 11.3 Å². The summed E-state index contributed by atoms with van der Waals surface area (Å²) >= 11 is 5.91. The number of furan rings is 1. The molecule has 1 aliphatic rings. The Kier molecular flexibility index (Phi) is 4.40. The molecule has 0 bridgehead atoms. The molecule has 1 saturated heterocycles. The summed E-state index contributed by atoms with van der Waals surface area (Å²) < 4.78 is 5.22. The highest BCUT2D eigenvalue weighted by Crippen LogP contribution is 2.29. The van der Waals surface area contributed by atoms with E-state index in [2.05, 4.69) is 10.6 Å². The van der Waals surface area contributed by atoms with E-state index in [1.54, 1.807) is 12.1 Å². The van der Waals surface area contributed by atoms with Gasteiger partial charge in [0.25, 0.3) is 5.91 Å². The number of carbonyl (C=O) groups excluding carboxylic acids is 3. The SMILES string of the molecule is CC1(c2ccco2)NC(=O)N(CC(=O)Nc2ccc(C#N)c(Cl)c2)C1=O. The monoisotopic (exact) mass is 372 g/mol. The number of nitrogens with one attached hydrogen (secondary N) is 2. The zero-order chi connectivity index (χ0) is 18.9. The van der Waals surface area contributed by atoms with E-state index in [1.165, 1.54) is 31.4 Å². The van der Waals surface area contributed by atoms with Gasteiger partial charge in [0.15, 0.2) is 5.54 Å². The second kappa shape index (κ2) is 6.54. The van der Waals surface area contributed by atoms with Crippen LogP contribution in [0.2, 0.25) is 5.02 Å². The van der Waals surface area contributed by atoms with Crippen LogP contribution >= 0.6 is 11.6 Å². The van der Waals surface area contributed by atoms with Crippen LogP contribution in [0.5, 0.6) is 0 Å². The highest BCUT2D eigenvalue weighted by atomic mass is 35.5. The van der Waals surface area contributed by atoms with E-state index in [9.17, 15) is 14.4 Å². The molecule has 1 aromatic heterocycles. The molecule has 8 nitrogen and oxygen atoms in total. The maximum Gasteiger partial charge on any atom is 0.325 e. The summed E-state index contributed by atoms with van der Waals surface area (Å²) in [7, 11) is 0. The number of anilines is 1. The molecule has 1 unspecified atom stereocenters. The van der Waals surface area contributed by atoms with E-state index in [-0.39, 0.29) is 16.3 Å². The molecule has 0 aliphatic carbocycles. The van der Waals surface area contributed by atoms with Gasteiger partial charge in [0.05, 0.1) is 16.8 Å². The highest BCUT2D eigenvalue weighted by Gasteiger charge is 2.51. The van der Waals surface area contributed by atoms with E-state index in [1.807, 2.05) is 6.07 Å². The molecule has 26 heavy (non-hydrogen) atoms. The predicted octanol–water partition coefficient (Wildman–Crippen LogP) is 2.21. The lowest BCUT2D eigenvalue weighted by Crippen LogP contribution is -2.41. The van der Waals surface area contributed by atoms with Crippen molar-refractivity contribution in [3.8, 4) is 6.07 Å². The molecule has 2 aromatic rings. The Bertz CT molecular complexity index is 935. The summed E-state index contributed by atoms with van der Waals surface area (Å²) in [6, 6.07) is 8.76. The average Bonchev–Trinajstić information content (AvgIpc) is 3.20. The minimum atomic E-state index is -1.36. The van der Waals surface area contributed by atoms with Crippen LogP contribution in [-0.4, -0.2) is 29.3 Å². The van der Waals surface area contributed by atoms with E-state index in [0.717, 1.165) is 4.90 Å². The minimum absolute atomic E-state index is 0.186. The first kappa shape index (κ1) is 17.5. The number of urea groups is 1. The van der Waals surface area contributed by atoms with Gasteiger partial charge < -0.3 is 15.1 Å². The first-order valence-corrected chi connectivity index (χ1v) is 7.90. The molecular weight excluding hydrogens is 360 g/mol.